The Labute approximate surface area is 111 Å². The molecule has 1 atom stereocenters. The van der Waals surface area contributed by atoms with Crippen LogP contribution in [-0.4, -0.2) is 25.7 Å². The Morgan fingerprint density at radius 3 is 2.89 bits per heavy atom. The van der Waals surface area contributed by atoms with Crippen LogP contribution >= 0.6 is 11.3 Å². The number of hydrogen-bond donors (Lipinski definition) is 0. The van der Waals surface area contributed by atoms with Crippen molar-refractivity contribution in [1.29, 1.82) is 0 Å². The number of aryl methyl sites for hydroxylation is 1. The Balaban J connectivity index is 2.42. The highest BCUT2D eigenvalue weighted by Gasteiger charge is 2.28. The number of thiophene rings is 1. The molecule has 0 radical (unpaired) electrons. The molecule has 0 bridgehead atoms. The summed E-state index contributed by atoms with van der Waals surface area (Å²) in [6.07, 6.45) is 3.77. The van der Waals surface area contributed by atoms with Crippen LogP contribution in [0.15, 0.2) is 22.7 Å². The van der Waals surface area contributed by atoms with E-state index in [1.165, 1.54) is 16.9 Å². The van der Waals surface area contributed by atoms with Gasteiger partial charge in [0, 0.05) is 17.5 Å². The van der Waals surface area contributed by atoms with Gasteiger partial charge in [-0.15, -0.1) is 11.3 Å². The van der Waals surface area contributed by atoms with Crippen molar-refractivity contribution >= 4 is 23.3 Å². The van der Waals surface area contributed by atoms with E-state index in [-0.39, 0.29) is 6.10 Å². The molecule has 18 heavy (non-hydrogen) atoms. The molecule has 96 valence electrons. The van der Waals surface area contributed by atoms with Crippen molar-refractivity contribution in [2.24, 2.45) is 4.99 Å². The lowest BCUT2D eigenvalue weighted by Gasteiger charge is -2.27. The highest BCUT2D eigenvalue weighted by atomic mass is 32.1. The van der Waals surface area contributed by atoms with E-state index in [1.54, 1.807) is 7.05 Å². The Kier molecular flexibility index (Phi) is 4.09. The molecule has 0 amide bonds. The van der Waals surface area contributed by atoms with Crippen molar-refractivity contribution in [3.63, 3.8) is 0 Å². The molecule has 1 saturated heterocycles. The fourth-order valence-corrected chi connectivity index (χ4v) is 3.16. The van der Waals surface area contributed by atoms with E-state index < -0.39 is 0 Å². The summed E-state index contributed by atoms with van der Waals surface area (Å²) in [5, 5.41) is 0. The van der Waals surface area contributed by atoms with E-state index in [1.807, 2.05) is 19.9 Å². The van der Waals surface area contributed by atoms with Crippen molar-refractivity contribution in [1.82, 2.24) is 0 Å². The Morgan fingerprint density at radius 1 is 1.56 bits per heavy atom. The summed E-state index contributed by atoms with van der Waals surface area (Å²) in [7, 11) is 1.79. The molecule has 2 rings (SSSR count). The van der Waals surface area contributed by atoms with Crippen LogP contribution in [0.5, 0.6) is 0 Å². The molecule has 1 aliphatic heterocycles. The average molecular weight is 263 g/mol. The van der Waals surface area contributed by atoms with Gasteiger partial charge in [-0.1, -0.05) is 6.08 Å². The quantitative estimate of drug-likeness (QED) is 0.767. The van der Waals surface area contributed by atoms with Crippen LogP contribution in [0.25, 0.3) is 0 Å². The zero-order valence-electron chi connectivity index (χ0n) is 10.9. The van der Waals surface area contributed by atoms with Crippen LogP contribution in [0, 0.1) is 6.92 Å². The van der Waals surface area contributed by atoms with Gasteiger partial charge in [0.15, 0.2) is 6.29 Å². The first-order valence-electron chi connectivity index (χ1n) is 6.00. The first-order chi connectivity index (χ1) is 8.71. The average Bonchev–Trinajstić information content (AvgIpc) is 2.78. The predicted octanol–water partition coefficient (Wildman–Crippen LogP) is 3.35. The third-order valence-corrected chi connectivity index (χ3v) is 4.19. The van der Waals surface area contributed by atoms with E-state index >= 15 is 0 Å². The minimum atomic E-state index is -0.125. The molecule has 1 aliphatic rings. The second kappa shape index (κ2) is 5.59. The van der Waals surface area contributed by atoms with Crippen molar-refractivity contribution < 1.29 is 9.53 Å². The number of ether oxygens (including phenoxy) is 1. The summed E-state index contributed by atoms with van der Waals surface area (Å²) in [4.78, 5) is 17.1. The van der Waals surface area contributed by atoms with Gasteiger partial charge >= 0.3 is 0 Å². The maximum Gasteiger partial charge on any atom is 0.160 e. The third-order valence-electron chi connectivity index (χ3n) is 3.20. The van der Waals surface area contributed by atoms with Crippen molar-refractivity contribution in [3.8, 4) is 0 Å². The summed E-state index contributed by atoms with van der Waals surface area (Å²) in [6.45, 7) is 4.75. The van der Waals surface area contributed by atoms with Gasteiger partial charge in [-0.2, -0.15) is 0 Å². The fraction of sp³-hybridized carbons (Fsp3) is 0.429. The molecule has 1 aromatic heterocycles. The molecule has 0 N–H and O–H groups in total. The molecule has 1 fully saturated rings. The minimum absolute atomic E-state index is 0.125. The SMILES string of the molecule is C/C=C1/CCOC(c2cc(C=O)sc2C)/C1=N/C. The van der Waals surface area contributed by atoms with Crippen LogP contribution in [0.4, 0.5) is 0 Å². The number of nitrogens with zero attached hydrogens (tertiary/aromatic N) is 1. The van der Waals surface area contributed by atoms with Gasteiger partial charge in [-0.3, -0.25) is 9.79 Å². The van der Waals surface area contributed by atoms with Crippen molar-refractivity contribution in [2.45, 2.75) is 26.4 Å². The predicted molar refractivity (Wildman–Crippen MR) is 74.9 cm³/mol. The third kappa shape index (κ3) is 2.31. The normalized spacial score (nSPS) is 24.7. The number of allylic oxidation sites excluding steroid dienone is 1. The zero-order chi connectivity index (χ0) is 13.1. The molecule has 1 aromatic rings. The Morgan fingerprint density at radius 2 is 2.33 bits per heavy atom. The number of hydrogen-bond acceptors (Lipinski definition) is 4. The first kappa shape index (κ1) is 13.2. The Bertz CT molecular complexity index is 514. The molecule has 0 aromatic carbocycles. The fourth-order valence-electron chi connectivity index (χ4n) is 2.29. The monoisotopic (exact) mass is 263 g/mol. The van der Waals surface area contributed by atoms with Crippen molar-refractivity contribution in [2.75, 3.05) is 13.7 Å². The number of aldehydes is 1. The lowest BCUT2D eigenvalue weighted by atomic mass is 9.94. The lowest BCUT2D eigenvalue weighted by Crippen LogP contribution is -2.25. The van der Waals surface area contributed by atoms with Crippen LogP contribution in [0.2, 0.25) is 0 Å². The van der Waals surface area contributed by atoms with Gasteiger partial charge in [0.1, 0.15) is 6.10 Å². The van der Waals surface area contributed by atoms with Gasteiger partial charge in [-0.05, 0) is 31.9 Å². The summed E-state index contributed by atoms with van der Waals surface area (Å²) >= 11 is 1.51. The lowest BCUT2D eigenvalue weighted by molar-refractivity contribution is 0.0912. The van der Waals surface area contributed by atoms with Gasteiger partial charge in [0.25, 0.3) is 0 Å². The highest BCUT2D eigenvalue weighted by molar-refractivity contribution is 7.13. The topological polar surface area (TPSA) is 38.7 Å². The summed E-state index contributed by atoms with van der Waals surface area (Å²) in [5.74, 6) is 0. The molecule has 0 aliphatic carbocycles. The van der Waals surface area contributed by atoms with Crippen LogP contribution in [0.3, 0.4) is 0 Å². The van der Waals surface area contributed by atoms with Crippen LogP contribution < -0.4 is 0 Å². The van der Waals surface area contributed by atoms with Gasteiger partial charge in [-0.25, -0.2) is 0 Å². The molecule has 2 heterocycles. The van der Waals surface area contributed by atoms with Gasteiger partial charge < -0.3 is 4.74 Å². The summed E-state index contributed by atoms with van der Waals surface area (Å²) < 4.78 is 5.86. The van der Waals surface area contributed by atoms with E-state index in [4.69, 9.17) is 4.74 Å². The van der Waals surface area contributed by atoms with Gasteiger partial charge in [0.05, 0.1) is 17.2 Å². The zero-order valence-corrected chi connectivity index (χ0v) is 11.7. The maximum absolute atomic E-state index is 10.9. The summed E-state index contributed by atoms with van der Waals surface area (Å²) in [5.41, 5.74) is 3.30. The minimum Gasteiger partial charge on any atom is -0.367 e. The van der Waals surface area contributed by atoms with Gasteiger partial charge in [0.2, 0.25) is 0 Å². The molecule has 4 heteroatoms. The number of aliphatic imine (C=N–C) groups is 1. The second-order valence-corrected chi connectivity index (χ2v) is 5.49. The molecule has 0 saturated carbocycles. The maximum atomic E-state index is 10.9. The molecular formula is C14H17NO2S. The van der Waals surface area contributed by atoms with E-state index in [0.29, 0.717) is 6.61 Å². The van der Waals surface area contributed by atoms with E-state index in [0.717, 1.165) is 33.7 Å². The van der Waals surface area contributed by atoms with E-state index in [9.17, 15) is 4.79 Å². The largest absolute Gasteiger partial charge is 0.367 e. The first-order valence-corrected chi connectivity index (χ1v) is 6.82. The molecule has 0 spiro atoms. The van der Waals surface area contributed by atoms with Crippen LogP contribution in [0.1, 0.15) is 39.6 Å². The number of rotatable bonds is 2. The Hall–Kier alpha value is -1.26. The number of carbonyl (C=O) groups is 1. The standard InChI is InChI=1S/C14H17NO2S/c1-4-10-5-6-17-14(13(10)15-3)12-7-11(8-16)18-9(12)2/h4,7-8,14H,5-6H2,1-3H3/b10-4-,15-13+. The molecule has 3 nitrogen and oxygen atoms in total. The second-order valence-electron chi connectivity index (χ2n) is 4.20. The summed E-state index contributed by atoms with van der Waals surface area (Å²) in [6, 6.07) is 1.92. The van der Waals surface area contributed by atoms with E-state index in [2.05, 4.69) is 11.1 Å². The van der Waals surface area contributed by atoms with Crippen molar-refractivity contribution in [3.05, 3.63) is 33.0 Å². The van der Waals surface area contributed by atoms with Crippen LogP contribution in [-0.2, 0) is 4.74 Å². The smallest absolute Gasteiger partial charge is 0.160 e. The molecule has 1 unspecified atom stereocenters. The molecular weight excluding hydrogens is 246 g/mol. The highest BCUT2D eigenvalue weighted by Crippen LogP contribution is 2.34. The number of carbonyl (C=O) groups excluding carboxylic acids is 1.